The summed E-state index contributed by atoms with van der Waals surface area (Å²) >= 11 is 0.300. The van der Waals surface area contributed by atoms with Crippen LogP contribution in [0.2, 0.25) is 0 Å². The Morgan fingerprint density at radius 3 is 1.20 bits per heavy atom. The molecular weight excluding hydrogens is 413 g/mol. The molecule has 0 aliphatic carbocycles. The maximum Gasteiger partial charge on any atom is 0 e. The molecule has 0 unspecified atom stereocenters. The quantitative estimate of drug-likeness (QED) is 0.541. The molecule has 1 radical (unpaired) electrons. The Kier molecular flexibility index (Phi) is 169. The van der Waals surface area contributed by atoms with E-state index in [4.69, 9.17) is 2.81 Å². The summed E-state index contributed by atoms with van der Waals surface area (Å²) in [4.78, 5) is 0. The van der Waals surface area contributed by atoms with Crippen LogP contribution in [0.5, 0.6) is 0 Å². The Bertz CT molecular complexity index is 11.6. The van der Waals surface area contributed by atoms with Gasteiger partial charge >= 0.3 is 27.5 Å². The molecule has 0 saturated carbocycles. The SMILES string of the molecule is [Co].[Cr].[O]=[Zr].[Pt]. The Hall–Kier alpha value is 2.41. The van der Waals surface area contributed by atoms with Crippen LogP contribution in [0.1, 0.15) is 0 Å². The third-order valence-electron chi connectivity index (χ3n) is 0. The van der Waals surface area contributed by atoms with Crippen molar-refractivity contribution in [3.05, 3.63) is 0 Å². The third-order valence-corrected chi connectivity index (χ3v) is 0. The molecule has 0 atom stereocenters. The molecule has 5 heavy (non-hydrogen) atoms. The fourth-order valence-electron chi connectivity index (χ4n) is 0. The van der Waals surface area contributed by atoms with Crippen molar-refractivity contribution in [2.24, 2.45) is 0 Å². The summed E-state index contributed by atoms with van der Waals surface area (Å²) in [6.45, 7) is 0. The van der Waals surface area contributed by atoms with Crippen molar-refractivity contribution in [3.63, 3.8) is 0 Å². The summed E-state index contributed by atoms with van der Waals surface area (Å²) in [5.74, 6) is 0. The van der Waals surface area contributed by atoms with Crippen molar-refractivity contribution in [2.75, 3.05) is 0 Å². The van der Waals surface area contributed by atoms with Gasteiger partial charge in [0.05, 0.1) is 0 Å². The molecule has 0 aromatic rings. The zero-order valence-corrected chi connectivity index (χ0v) is 9.01. The van der Waals surface area contributed by atoms with Gasteiger partial charge in [-0.2, -0.15) is 0 Å². The van der Waals surface area contributed by atoms with E-state index < -0.39 is 0 Å². The fourth-order valence-corrected chi connectivity index (χ4v) is 0. The summed E-state index contributed by atoms with van der Waals surface area (Å²) in [6.07, 6.45) is 0. The van der Waals surface area contributed by atoms with Gasteiger partial charge in [-0.25, -0.2) is 0 Å². The number of rotatable bonds is 0. The van der Waals surface area contributed by atoms with Gasteiger partial charge in [0.15, 0.2) is 0 Å². The fraction of sp³-hybridized carbons (Fsp3) is 0. The van der Waals surface area contributed by atoms with E-state index in [-0.39, 0.29) is 55.2 Å². The van der Waals surface area contributed by atoms with Crippen LogP contribution < -0.4 is 0 Å². The van der Waals surface area contributed by atoms with Gasteiger partial charge in [0.2, 0.25) is 0 Å². The molecule has 0 heterocycles. The van der Waals surface area contributed by atoms with Crippen LogP contribution in [-0.4, -0.2) is 0 Å². The number of hydrogen-bond acceptors (Lipinski definition) is 1. The van der Waals surface area contributed by atoms with Gasteiger partial charge in [0.1, 0.15) is 0 Å². The molecule has 1 nitrogen and oxygen atoms in total. The van der Waals surface area contributed by atoms with E-state index in [1.165, 1.54) is 0 Å². The third kappa shape index (κ3) is 21.5. The van der Waals surface area contributed by atoms with Crippen LogP contribution in [0.4, 0.5) is 0 Å². The predicted molar refractivity (Wildman–Crippen MR) is 0.686 cm³/mol. The molecule has 0 aliphatic heterocycles. The van der Waals surface area contributed by atoms with Crippen LogP contribution in [0, 0.1) is 0 Å². The van der Waals surface area contributed by atoms with Gasteiger partial charge in [0.25, 0.3) is 0 Å². The first-order chi connectivity index (χ1) is 1.00. The van der Waals surface area contributed by atoms with Crippen LogP contribution in [0.3, 0.4) is 0 Å². The normalized spacial score (nSPS) is 0.600. The maximum absolute atomic E-state index is 8.34. The predicted octanol–water partition coefficient (Wildman–Crippen LogP) is -0.129. The molecule has 35 valence electrons. The minimum absolute atomic E-state index is 0. The Morgan fingerprint density at radius 1 is 1.20 bits per heavy atom. The molecule has 0 aromatic carbocycles. The van der Waals surface area contributed by atoms with Gasteiger partial charge in [-0.1, -0.05) is 0 Å². The molecular formula is CoCrOPtZr. The largest absolute Gasteiger partial charge is 0 e. The van der Waals surface area contributed by atoms with Crippen LogP contribution in [0.25, 0.3) is 0 Å². The molecule has 0 amide bonds. The first-order valence-electron chi connectivity index (χ1n) is 0.204. The average molecular weight is 413 g/mol. The van der Waals surface area contributed by atoms with Crippen LogP contribution >= 0.6 is 0 Å². The van der Waals surface area contributed by atoms with E-state index in [0.717, 1.165) is 0 Å². The molecule has 0 aliphatic rings. The molecule has 0 N–H and O–H groups in total. The Morgan fingerprint density at radius 2 is 1.20 bits per heavy atom. The van der Waals surface area contributed by atoms with Crippen LogP contribution in [0.15, 0.2) is 0 Å². The first-order valence-corrected chi connectivity index (χ1v) is 1.21. The zero-order valence-electron chi connectivity index (χ0n) is 1.97. The van der Waals surface area contributed by atoms with E-state index in [0.29, 0.717) is 24.7 Å². The molecule has 0 rings (SSSR count). The summed E-state index contributed by atoms with van der Waals surface area (Å²) in [5.41, 5.74) is 0. The molecule has 0 aromatic heterocycles. The van der Waals surface area contributed by atoms with Gasteiger partial charge < -0.3 is 0 Å². The Labute approximate surface area is 81.5 Å². The van der Waals surface area contributed by atoms with Gasteiger partial charge in [-0.15, -0.1) is 0 Å². The van der Waals surface area contributed by atoms with E-state index in [9.17, 15) is 0 Å². The monoisotopic (exact) mass is 412 g/mol. The van der Waals surface area contributed by atoms with Gasteiger partial charge in [-0.05, 0) is 0 Å². The van der Waals surface area contributed by atoms with Crippen molar-refractivity contribution in [1.29, 1.82) is 0 Å². The first kappa shape index (κ1) is 26.2. The van der Waals surface area contributed by atoms with E-state index >= 15 is 0 Å². The summed E-state index contributed by atoms with van der Waals surface area (Å²) < 4.78 is 8.34. The van der Waals surface area contributed by atoms with Crippen molar-refractivity contribution in [1.82, 2.24) is 0 Å². The van der Waals surface area contributed by atoms with Gasteiger partial charge in [-0.3, -0.25) is 0 Å². The molecule has 0 spiro atoms. The maximum atomic E-state index is 8.34. The molecule has 0 fully saturated rings. The van der Waals surface area contributed by atoms with E-state index in [1.54, 1.807) is 0 Å². The second kappa shape index (κ2) is 32.3. The Balaban J connectivity index is -0.00000000167. The van der Waals surface area contributed by atoms with Crippen molar-refractivity contribution >= 4 is 0 Å². The van der Waals surface area contributed by atoms with E-state index in [2.05, 4.69) is 0 Å². The zero-order chi connectivity index (χ0) is 2.00. The smallest absolute Gasteiger partial charge is 0 e. The van der Waals surface area contributed by atoms with E-state index in [1.807, 2.05) is 0 Å². The van der Waals surface area contributed by atoms with Crippen molar-refractivity contribution in [3.8, 4) is 0 Å². The minimum Gasteiger partial charge on any atom is 0 e. The van der Waals surface area contributed by atoms with Crippen molar-refractivity contribution < 1.29 is 82.7 Å². The summed E-state index contributed by atoms with van der Waals surface area (Å²) in [5, 5.41) is 0. The standard InChI is InChI=1S/Co.Cr.O.Pt.Zr. The summed E-state index contributed by atoms with van der Waals surface area (Å²) in [6, 6.07) is 0. The topological polar surface area (TPSA) is 17.1 Å². The second-order valence-corrected chi connectivity index (χ2v) is 0. The molecule has 5 heteroatoms. The van der Waals surface area contributed by atoms with Gasteiger partial charge in [0, 0.05) is 55.2 Å². The molecule has 0 saturated heterocycles. The average Bonchev–Trinajstić information content (AvgIpc) is 1.00. The minimum atomic E-state index is 0. The number of hydrogen-bond donors (Lipinski definition) is 0. The summed E-state index contributed by atoms with van der Waals surface area (Å²) in [7, 11) is 0. The van der Waals surface area contributed by atoms with Crippen molar-refractivity contribution in [2.45, 2.75) is 0 Å². The molecule has 0 bridgehead atoms. The second-order valence-electron chi connectivity index (χ2n) is 0. The van der Waals surface area contributed by atoms with Crippen LogP contribution in [-0.2, 0) is 82.7 Å².